The Morgan fingerprint density at radius 3 is 2.94 bits per heavy atom. The summed E-state index contributed by atoms with van der Waals surface area (Å²) in [6.45, 7) is 0. The minimum absolute atomic E-state index is 0.482. The fraction of sp³-hybridized carbons (Fsp3) is 0. The van der Waals surface area contributed by atoms with Crippen LogP contribution in [0.15, 0.2) is 29.8 Å². The molecule has 18 heavy (non-hydrogen) atoms. The van der Waals surface area contributed by atoms with E-state index in [0.717, 1.165) is 11.2 Å². The third kappa shape index (κ3) is 1.73. The maximum atomic E-state index is 11.2. The van der Waals surface area contributed by atoms with Crippen LogP contribution in [0.3, 0.4) is 0 Å². The van der Waals surface area contributed by atoms with Gasteiger partial charge in [0.25, 0.3) is 0 Å². The lowest BCUT2D eigenvalue weighted by atomic mass is 10.1. The number of imidazole rings is 1. The first-order valence-electron chi connectivity index (χ1n) is 5.07. The summed E-state index contributed by atoms with van der Waals surface area (Å²) < 4.78 is 1.74. The van der Waals surface area contributed by atoms with Gasteiger partial charge in [-0.25, -0.2) is 4.98 Å². The average molecular weight is 297 g/mol. The highest BCUT2D eigenvalue weighted by atomic mass is 35.5. The van der Waals surface area contributed by atoms with Gasteiger partial charge in [0.2, 0.25) is 0 Å². The van der Waals surface area contributed by atoms with Crippen LogP contribution >= 0.6 is 34.5 Å². The Balaban J connectivity index is 2.33. The van der Waals surface area contributed by atoms with E-state index in [-0.39, 0.29) is 0 Å². The second-order valence-electron chi connectivity index (χ2n) is 3.64. The Morgan fingerprint density at radius 2 is 2.17 bits per heavy atom. The average Bonchev–Trinajstić information content (AvgIpc) is 2.91. The fourth-order valence-corrected chi connectivity index (χ4v) is 2.89. The molecule has 0 aliphatic heterocycles. The van der Waals surface area contributed by atoms with E-state index in [1.54, 1.807) is 28.8 Å². The van der Waals surface area contributed by atoms with Crippen molar-refractivity contribution in [3.8, 4) is 11.3 Å². The monoisotopic (exact) mass is 296 g/mol. The first kappa shape index (κ1) is 11.7. The number of fused-ring (bicyclic) bond motifs is 1. The highest BCUT2D eigenvalue weighted by Crippen LogP contribution is 2.33. The smallest absolute Gasteiger partial charge is 0.194 e. The largest absolute Gasteiger partial charge is 0.296 e. The predicted octanol–water partition coefficient (Wildman–Crippen LogP) is 4.18. The van der Waals surface area contributed by atoms with Crippen LogP contribution in [0.2, 0.25) is 10.0 Å². The van der Waals surface area contributed by atoms with Crippen molar-refractivity contribution in [2.24, 2.45) is 0 Å². The molecule has 3 rings (SSSR count). The van der Waals surface area contributed by atoms with Gasteiger partial charge in [-0.3, -0.25) is 9.20 Å². The number of nitrogens with zero attached hydrogens (tertiary/aromatic N) is 2. The van der Waals surface area contributed by atoms with Gasteiger partial charge in [0, 0.05) is 22.2 Å². The van der Waals surface area contributed by atoms with Crippen molar-refractivity contribution in [3.05, 3.63) is 45.5 Å². The van der Waals surface area contributed by atoms with Crippen LogP contribution in [0.1, 0.15) is 10.5 Å². The lowest BCUT2D eigenvalue weighted by Gasteiger charge is -2.02. The van der Waals surface area contributed by atoms with Crippen LogP contribution in [-0.2, 0) is 0 Å². The number of halogens is 2. The summed E-state index contributed by atoms with van der Waals surface area (Å²) in [5.74, 6) is 0. The second-order valence-corrected chi connectivity index (χ2v) is 5.36. The van der Waals surface area contributed by atoms with Crippen molar-refractivity contribution in [3.63, 3.8) is 0 Å². The third-order valence-corrected chi connectivity index (χ3v) is 3.92. The van der Waals surface area contributed by atoms with Crippen LogP contribution in [0, 0.1) is 0 Å². The van der Waals surface area contributed by atoms with E-state index < -0.39 is 0 Å². The molecule has 90 valence electrons. The SMILES string of the molecule is O=Cc1c(-c2cc(Cl)ccc2Cl)nc2sccn12. The van der Waals surface area contributed by atoms with E-state index in [0.29, 0.717) is 27.0 Å². The van der Waals surface area contributed by atoms with E-state index in [1.807, 2.05) is 5.38 Å². The van der Waals surface area contributed by atoms with Crippen LogP contribution < -0.4 is 0 Å². The molecule has 0 amide bonds. The summed E-state index contributed by atoms with van der Waals surface area (Å²) in [5, 5.41) is 2.95. The zero-order valence-corrected chi connectivity index (χ0v) is 11.3. The summed E-state index contributed by atoms with van der Waals surface area (Å²) in [5.41, 5.74) is 1.71. The number of thiazole rings is 1. The summed E-state index contributed by atoms with van der Waals surface area (Å²) >= 11 is 13.5. The third-order valence-electron chi connectivity index (χ3n) is 2.59. The zero-order chi connectivity index (χ0) is 12.7. The molecule has 0 aliphatic rings. The highest BCUT2D eigenvalue weighted by Gasteiger charge is 2.16. The second kappa shape index (κ2) is 4.39. The van der Waals surface area contributed by atoms with E-state index >= 15 is 0 Å². The van der Waals surface area contributed by atoms with E-state index in [1.165, 1.54) is 11.3 Å². The van der Waals surface area contributed by atoms with Gasteiger partial charge in [-0.1, -0.05) is 23.2 Å². The van der Waals surface area contributed by atoms with Crippen molar-refractivity contribution in [2.75, 3.05) is 0 Å². The van der Waals surface area contributed by atoms with Gasteiger partial charge < -0.3 is 0 Å². The predicted molar refractivity (Wildman–Crippen MR) is 73.9 cm³/mol. The Morgan fingerprint density at radius 1 is 1.33 bits per heavy atom. The Kier molecular flexibility index (Phi) is 2.86. The van der Waals surface area contributed by atoms with Crippen LogP contribution in [0.5, 0.6) is 0 Å². The lowest BCUT2D eigenvalue weighted by Crippen LogP contribution is -1.90. The molecule has 0 bridgehead atoms. The Hall–Kier alpha value is -1.36. The highest BCUT2D eigenvalue weighted by molar-refractivity contribution is 7.15. The molecule has 0 N–H and O–H groups in total. The molecule has 0 spiro atoms. The van der Waals surface area contributed by atoms with Gasteiger partial charge in [-0.15, -0.1) is 11.3 Å². The van der Waals surface area contributed by atoms with Gasteiger partial charge in [-0.05, 0) is 18.2 Å². The number of aromatic nitrogens is 2. The quantitative estimate of drug-likeness (QED) is 0.665. The number of rotatable bonds is 2. The van der Waals surface area contributed by atoms with Gasteiger partial charge in [0.05, 0.1) is 5.02 Å². The molecule has 1 aromatic carbocycles. The van der Waals surface area contributed by atoms with Crippen molar-refractivity contribution in [1.82, 2.24) is 9.38 Å². The molecular weight excluding hydrogens is 291 g/mol. The number of hydrogen-bond acceptors (Lipinski definition) is 3. The number of aldehydes is 1. The number of carbonyl (C=O) groups excluding carboxylic acids is 1. The molecule has 0 atom stereocenters. The molecule has 0 saturated heterocycles. The molecule has 0 unspecified atom stereocenters. The van der Waals surface area contributed by atoms with Crippen LogP contribution in [-0.4, -0.2) is 15.7 Å². The maximum absolute atomic E-state index is 11.2. The van der Waals surface area contributed by atoms with Crippen molar-refractivity contribution >= 4 is 45.8 Å². The number of carbonyl (C=O) groups is 1. The number of benzene rings is 1. The molecule has 0 radical (unpaired) electrons. The van der Waals surface area contributed by atoms with Crippen molar-refractivity contribution in [1.29, 1.82) is 0 Å². The van der Waals surface area contributed by atoms with Crippen LogP contribution in [0.4, 0.5) is 0 Å². The normalized spacial score (nSPS) is 11.0. The maximum Gasteiger partial charge on any atom is 0.194 e. The molecule has 6 heteroatoms. The van der Waals surface area contributed by atoms with E-state index in [2.05, 4.69) is 4.98 Å². The molecular formula is C12H6Cl2N2OS. The van der Waals surface area contributed by atoms with Gasteiger partial charge >= 0.3 is 0 Å². The molecule has 2 heterocycles. The van der Waals surface area contributed by atoms with E-state index in [9.17, 15) is 4.79 Å². The molecule has 3 aromatic rings. The van der Waals surface area contributed by atoms with Crippen molar-refractivity contribution < 1.29 is 4.79 Å². The van der Waals surface area contributed by atoms with E-state index in [4.69, 9.17) is 23.2 Å². The van der Waals surface area contributed by atoms with Crippen LogP contribution in [0.25, 0.3) is 16.2 Å². The molecule has 0 saturated carbocycles. The first-order chi connectivity index (χ1) is 8.70. The zero-order valence-electron chi connectivity index (χ0n) is 8.93. The minimum atomic E-state index is 0.482. The Labute approximate surface area is 117 Å². The standard InChI is InChI=1S/C12H6Cl2N2OS/c13-7-1-2-9(14)8(5-7)11-10(6-17)16-3-4-18-12(16)15-11/h1-6H. The van der Waals surface area contributed by atoms with Crippen molar-refractivity contribution in [2.45, 2.75) is 0 Å². The number of hydrogen-bond donors (Lipinski definition) is 0. The van der Waals surface area contributed by atoms with Gasteiger partial charge in [0.1, 0.15) is 11.4 Å². The Bertz CT molecular complexity index is 748. The van der Waals surface area contributed by atoms with Gasteiger partial charge in [0.15, 0.2) is 11.2 Å². The summed E-state index contributed by atoms with van der Waals surface area (Å²) in [6, 6.07) is 5.11. The summed E-state index contributed by atoms with van der Waals surface area (Å²) in [6.07, 6.45) is 2.58. The molecule has 0 fully saturated rings. The molecule has 3 nitrogen and oxygen atoms in total. The minimum Gasteiger partial charge on any atom is -0.296 e. The van der Waals surface area contributed by atoms with Gasteiger partial charge in [-0.2, -0.15) is 0 Å². The summed E-state index contributed by atoms with van der Waals surface area (Å²) in [7, 11) is 0. The fourth-order valence-electron chi connectivity index (χ4n) is 1.79. The summed E-state index contributed by atoms with van der Waals surface area (Å²) in [4.78, 5) is 16.4. The molecule has 0 aliphatic carbocycles. The topological polar surface area (TPSA) is 34.4 Å². The lowest BCUT2D eigenvalue weighted by molar-refractivity contribution is 0.111. The first-order valence-corrected chi connectivity index (χ1v) is 6.70. The molecule has 2 aromatic heterocycles.